The molecule has 1 aliphatic rings. The average Bonchev–Trinajstić information content (AvgIpc) is 1.88. The van der Waals surface area contributed by atoms with Crippen LogP contribution in [0.15, 0.2) is 12.3 Å². The summed E-state index contributed by atoms with van der Waals surface area (Å²) in [5, 5.41) is 10.6. The molecule has 10 heavy (non-hydrogen) atoms. The minimum atomic E-state index is 0.303. The van der Waals surface area contributed by atoms with Gasteiger partial charge in [0.2, 0.25) is 6.67 Å². The second-order valence-corrected chi connectivity index (χ2v) is 1.88. The Morgan fingerprint density at radius 1 is 1.70 bits per heavy atom. The van der Waals surface area contributed by atoms with E-state index >= 15 is 0 Å². The SMILES string of the molecule is CC#CN1C=CC=[N+]([O-])C1. The van der Waals surface area contributed by atoms with Gasteiger partial charge in [-0.05, 0) is 6.92 Å². The second-order valence-electron chi connectivity index (χ2n) is 1.88. The van der Waals surface area contributed by atoms with Crippen molar-refractivity contribution < 1.29 is 4.74 Å². The predicted molar refractivity (Wildman–Crippen MR) is 39.0 cm³/mol. The van der Waals surface area contributed by atoms with Crippen LogP contribution in [-0.2, 0) is 0 Å². The largest absolute Gasteiger partial charge is 0.622 e. The third-order valence-corrected chi connectivity index (χ3v) is 1.07. The van der Waals surface area contributed by atoms with Gasteiger partial charge in [-0.15, -0.1) is 0 Å². The number of nitrogens with zero attached hydrogens (tertiary/aromatic N) is 2. The zero-order valence-corrected chi connectivity index (χ0v) is 5.74. The Morgan fingerprint density at radius 2 is 2.50 bits per heavy atom. The standard InChI is InChI=1S/C7H8N2O/c1-2-4-8-5-3-6-9(10)7-8/h3,5-6H,7H2,1H3. The van der Waals surface area contributed by atoms with Crippen molar-refractivity contribution >= 4 is 6.21 Å². The number of rotatable bonds is 0. The van der Waals surface area contributed by atoms with Crippen molar-refractivity contribution in [3.8, 4) is 12.0 Å². The first kappa shape index (κ1) is 6.69. The molecule has 0 aromatic rings. The summed E-state index contributed by atoms with van der Waals surface area (Å²) in [5.74, 6) is 2.70. The molecule has 0 unspecified atom stereocenters. The van der Waals surface area contributed by atoms with Gasteiger partial charge in [-0.25, -0.2) is 4.90 Å². The van der Waals surface area contributed by atoms with Crippen molar-refractivity contribution in [2.75, 3.05) is 6.67 Å². The predicted octanol–water partition coefficient (Wildman–Crippen LogP) is 0.335. The molecule has 3 heteroatoms. The Kier molecular flexibility index (Phi) is 1.96. The van der Waals surface area contributed by atoms with Gasteiger partial charge in [0.05, 0.1) is 0 Å². The summed E-state index contributed by atoms with van der Waals surface area (Å²) in [4.78, 5) is 1.63. The summed E-state index contributed by atoms with van der Waals surface area (Å²) in [6.45, 7) is 2.04. The number of hydrogen-bond donors (Lipinski definition) is 0. The number of hydroxylamine groups is 1. The monoisotopic (exact) mass is 136 g/mol. The van der Waals surface area contributed by atoms with Crippen LogP contribution in [0.5, 0.6) is 0 Å². The first-order valence-electron chi connectivity index (χ1n) is 2.97. The molecule has 1 heterocycles. The molecule has 52 valence electrons. The molecule has 0 radical (unpaired) electrons. The van der Waals surface area contributed by atoms with Gasteiger partial charge in [0, 0.05) is 18.3 Å². The van der Waals surface area contributed by atoms with Gasteiger partial charge in [-0.2, -0.15) is 4.74 Å². The lowest BCUT2D eigenvalue weighted by atomic mass is 10.5. The highest BCUT2D eigenvalue weighted by Crippen LogP contribution is 1.91. The van der Waals surface area contributed by atoms with E-state index in [1.165, 1.54) is 6.21 Å². The normalized spacial score (nSPS) is 15.7. The maximum atomic E-state index is 10.6. The van der Waals surface area contributed by atoms with Crippen LogP contribution >= 0.6 is 0 Å². The molecule has 0 spiro atoms. The first-order chi connectivity index (χ1) is 4.83. The lowest BCUT2D eigenvalue weighted by molar-refractivity contribution is -0.472. The Morgan fingerprint density at radius 3 is 3.10 bits per heavy atom. The van der Waals surface area contributed by atoms with Crippen molar-refractivity contribution in [3.63, 3.8) is 0 Å². The molecular formula is C7H8N2O. The molecule has 0 saturated carbocycles. The smallest absolute Gasteiger partial charge is 0.239 e. The van der Waals surface area contributed by atoms with Gasteiger partial charge in [-0.1, -0.05) is 5.92 Å². The quantitative estimate of drug-likeness (QED) is 0.273. The van der Waals surface area contributed by atoms with Crippen LogP contribution in [0.3, 0.4) is 0 Å². The van der Waals surface area contributed by atoms with Crippen molar-refractivity contribution in [2.24, 2.45) is 0 Å². The van der Waals surface area contributed by atoms with E-state index in [0.717, 1.165) is 4.74 Å². The summed E-state index contributed by atoms with van der Waals surface area (Å²) in [7, 11) is 0. The van der Waals surface area contributed by atoms with E-state index in [-0.39, 0.29) is 0 Å². The van der Waals surface area contributed by atoms with Gasteiger partial charge in [0.1, 0.15) is 0 Å². The van der Waals surface area contributed by atoms with E-state index in [1.54, 1.807) is 24.1 Å². The van der Waals surface area contributed by atoms with Crippen LogP contribution in [0.4, 0.5) is 0 Å². The molecule has 3 nitrogen and oxygen atoms in total. The third-order valence-electron chi connectivity index (χ3n) is 1.07. The van der Waals surface area contributed by atoms with Crippen LogP contribution in [-0.4, -0.2) is 22.5 Å². The van der Waals surface area contributed by atoms with E-state index in [0.29, 0.717) is 6.67 Å². The minimum Gasteiger partial charge on any atom is -0.622 e. The van der Waals surface area contributed by atoms with Crippen LogP contribution in [0, 0.1) is 17.2 Å². The van der Waals surface area contributed by atoms with Gasteiger partial charge in [0.25, 0.3) is 0 Å². The van der Waals surface area contributed by atoms with E-state index in [1.807, 2.05) is 0 Å². The van der Waals surface area contributed by atoms with Crippen LogP contribution in [0.1, 0.15) is 6.92 Å². The zero-order chi connectivity index (χ0) is 7.40. The fraction of sp³-hybridized carbons (Fsp3) is 0.286. The van der Waals surface area contributed by atoms with E-state index in [2.05, 4.69) is 12.0 Å². The molecule has 1 rings (SSSR count). The lowest BCUT2D eigenvalue weighted by Crippen LogP contribution is -2.24. The summed E-state index contributed by atoms with van der Waals surface area (Å²) in [6, 6.07) is 2.75. The third kappa shape index (κ3) is 1.52. The highest BCUT2D eigenvalue weighted by Gasteiger charge is 2.02. The zero-order valence-electron chi connectivity index (χ0n) is 5.74. The van der Waals surface area contributed by atoms with E-state index < -0.39 is 0 Å². The fourth-order valence-corrected chi connectivity index (χ4v) is 0.699. The number of hydrogen-bond acceptors (Lipinski definition) is 2. The summed E-state index contributed by atoms with van der Waals surface area (Å²) < 4.78 is 0.824. The Bertz CT molecular complexity index is 232. The van der Waals surface area contributed by atoms with Gasteiger partial charge >= 0.3 is 0 Å². The van der Waals surface area contributed by atoms with Gasteiger partial charge < -0.3 is 5.21 Å². The minimum absolute atomic E-state index is 0.303. The van der Waals surface area contributed by atoms with Crippen LogP contribution < -0.4 is 0 Å². The highest BCUT2D eigenvalue weighted by molar-refractivity contribution is 5.66. The molecule has 0 aromatic heterocycles. The molecular weight excluding hydrogens is 128 g/mol. The Balaban J connectivity index is 2.61. The first-order valence-corrected chi connectivity index (χ1v) is 2.97. The molecule has 1 aliphatic heterocycles. The Hall–Kier alpha value is -1.43. The second kappa shape index (κ2) is 2.92. The summed E-state index contributed by atoms with van der Waals surface area (Å²) >= 11 is 0. The van der Waals surface area contributed by atoms with Crippen LogP contribution in [0.25, 0.3) is 0 Å². The average molecular weight is 136 g/mol. The van der Waals surface area contributed by atoms with Crippen molar-refractivity contribution in [1.82, 2.24) is 4.90 Å². The van der Waals surface area contributed by atoms with Crippen molar-refractivity contribution in [2.45, 2.75) is 6.92 Å². The molecule has 0 saturated heterocycles. The molecule has 0 fully saturated rings. The Labute approximate surface area is 59.8 Å². The van der Waals surface area contributed by atoms with Gasteiger partial charge in [-0.3, -0.25) is 0 Å². The molecule has 0 atom stereocenters. The summed E-state index contributed by atoms with van der Waals surface area (Å²) in [5.41, 5.74) is 0. The fourth-order valence-electron chi connectivity index (χ4n) is 0.699. The maximum absolute atomic E-state index is 10.6. The molecule has 0 N–H and O–H groups in total. The van der Waals surface area contributed by atoms with Crippen molar-refractivity contribution in [3.05, 3.63) is 17.5 Å². The van der Waals surface area contributed by atoms with E-state index in [9.17, 15) is 5.21 Å². The highest BCUT2D eigenvalue weighted by atomic mass is 16.5. The van der Waals surface area contributed by atoms with Crippen molar-refractivity contribution in [1.29, 1.82) is 0 Å². The topological polar surface area (TPSA) is 29.3 Å². The van der Waals surface area contributed by atoms with Crippen LogP contribution in [0.2, 0.25) is 0 Å². The molecule has 0 bridgehead atoms. The molecule has 0 aliphatic carbocycles. The summed E-state index contributed by atoms with van der Waals surface area (Å²) in [6.07, 6.45) is 4.90. The van der Waals surface area contributed by atoms with E-state index in [4.69, 9.17) is 0 Å². The number of allylic oxidation sites excluding steroid dienone is 1. The lowest BCUT2D eigenvalue weighted by Gasteiger charge is -2.13. The molecule has 0 aromatic carbocycles. The molecule has 0 amide bonds. The van der Waals surface area contributed by atoms with Gasteiger partial charge in [0.15, 0.2) is 6.21 Å². The maximum Gasteiger partial charge on any atom is 0.239 e.